The molecule has 84 valence electrons. The van der Waals surface area contributed by atoms with Crippen LogP contribution in [0.2, 0.25) is 0 Å². The summed E-state index contributed by atoms with van der Waals surface area (Å²) in [6.45, 7) is 0.757. The Hall–Kier alpha value is -0.740. The van der Waals surface area contributed by atoms with Crippen LogP contribution < -0.4 is 5.73 Å². The molecule has 0 saturated heterocycles. The molecular formula is C11H18N2OS. The molecule has 0 fully saturated rings. The fraction of sp³-hybridized carbons (Fsp3) is 0.636. The molecule has 1 aromatic rings. The standard InChI is InChI=1S/C11H18N2OS/c12-6-4-2-1-3-5-10(14)9-11-13-7-8-15-11/h7-8H,1-6,9,12H2. The van der Waals surface area contributed by atoms with E-state index in [1.54, 1.807) is 17.5 Å². The van der Waals surface area contributed by atoms with Crippen molar-refractivity contribution in [2.24, 2.45) is 5.73 Å². The van der Waals surface area contributed by atoms with Crippen LogP contribution in [0.5, 0.6) is 0 Å². The maximum absolute atomic E-state index is 11.5. The van der Waals surface area contributed by atoms with Crippen LogP contribution in [0.25, 0.3) is 0 Å². The first-order valence-corrected chi connectivity index (χ1v) is 6.31. The number of unbranched alkanes of at least 4 members (excludes halogenated alkanes) is 3. The predicted octanol–water partition coefficient (Wildman–Crippen LogP) is 2.16. The minimum Gasteiger partial charge on any atom is -0.330 e. The molecule has 1 rings (SSSR count). The van der Waals surface area contributed by atoms with Gasteiger partial charge in [-0.05, 0) is 19.4 Å². The van der Waals surface area contributed by atoms with Crippen molar-refractivity contribution in [2.45, 2.75) is 38.5 Å². The van der Waals surface area contributed by atoms with E-state index in [4.69, 9.17) is 5.73 Å². The van der Waals surface area contributed by atoms with Gasteiger partial charge in [0.25, 0.3) is 0 Å². The number of thiazole rings is 1. The Morgan fingerprint density at radius 2 is 2.13 bits per heavy atom. The first-order chi connectivity index (χ1) is 7.33. The van der Waals surface area contributed by atoms with Crippen molar-refractivity contribution >= 4 is 17.1 Å². The average molecular weight is 226 g/mol. The molecule has 0 aliphatic rings. The molecule has 15 heavy (non-hydrogen) atoms. The van der Waals surface area contributed by atoms with Crippen molar-refractivity contribution in [3.05, 3.63) is 16.6 Å². The topological polar surface area (TPSA) is 56.0 Å². The number of rotatable bonds is 8. The van der Waals surface area contributed by atoms with Gasteiger partial charge >= 0.3 is 0 Å². The summed E-state index contributed by atoms with van der Waals surface area (Å²) in [4.78, 5) is 15.6. The van der Waals surface area contributed by atoms with E-state index >= 15 is 0 Å². The number of hydrogen-bond donors (Lipinski definition) is 1. The summed E-state index contributed by atoms with van der Waals surface area (Å²) in [5, 5.41) is 2.84. The molecule has 0 radical (unpaired) electrons. The number of carbonyl (C=O) groups excluding carboxylic acids is 1. The molecule has 0 bridgehead atoms. The first-order valence-electron chi connectivity index (χ1n) is 5.43. The Kier molecular flexibility index (Phi) is 6.20. The highest BCUT2D eigenvalue weighted by atomic mass is 32.1. The average Bonchev–Trinajstić information content (AvgIpc) is 2.70. The van der Waals surface area contributed by atoms with Crippen LogP contribution in [0.1, 0.15) is 37.1 Å². The second-order valence-electron chi connectivity index (χ2n) is 3.59. The van der Waals surface area contributed by atoms with Gasteiger partial charge in [-0.2, -0.15) is 0 Å². The molecule has 0 atom stereocenters. The molecule has 0 spiro atoms. The van der Waals surface area contributed by atoms with Crippen LogP contribution in [0, 0.1) is 0 Å². The normalized spacial score (nSPS) is 10.5. The highest BCUT2D eigenvalue weighted by Gasteiger charge is 2.04. The molecule has 1 heterocycles. The molecule has 0 aliphatic carbocycles. The van der Waals surface area contributed by atoms with Gasteiger partial charge in [-0.1, -0.05) is 12.8 Å². The number of nitrogens with zero attached hydrogens (tertiary/aromatic N) is 1. The zero-order chi connectivity index (χ0) is 10.9. The van der Waals surface area contributed by atoms with E-state index in [2.05, 4.69) is 4.98 Å². The SMILES string of the molecule is NCCCCCCC(=O)Cc1nccs1. The zero-order valence-corrected chi connectivity index (χ0v) is 9.76. The Morgan fingerprint density at radius 3 is 2.80 bits per heavy atom. The third-order valence-corrected chi connectivity index (χ3v) is 3.02. The number of ketones is 1. The van der Waals surface area contributed by atoms with E-state index in [0.29, 0.717) is 18.6 Å². The van der Waals surface area contributed by atoms with Gasteiger partial charge in [-0.25, -0.2) is 4.98 Å². The quantitative estimate of drug-likeness (QED) is 0.691. The lowest BCUT2D eigenvalue weighted by Crippen LogP contribution is -2.02. The molecule has 0 unspecified atom stereocenters. The first kappa shape index (κ1) is 12.3. The summed E-state index contributed by atoms with van der Waals surface area (Å²) in [6.07, 6.45) is 7.25. The zero-order valence-electron chi connectivity index (χ0n) is 8.95. The van der Waals surface area contributed by atoms with Crippen molar-refractivity contribution in [1.82, 2.24) is 4.98 Å². The van der Waals surface area contributed by atoms with Crippen LogP contribution in [-0.2, 0) is 11.2 Å². The summed E-state index contributed by atoms with van der Waals surface area (Å²) in [6, 6.07) is 0. The second kappa shape index (κ2) is 7.54. The van der Waals surface area contributed by atoms with E-state index in [9.17, 15) is 4.79 Å². The maximum Gasteiger partial charge on any atom is 0.139 e. The van der Waals surface area contributed by atoms with Crippen LogP contribution in [0.15, 0.2) is 11.6 Å². The smallest absolute Gasteiger partial charge is 0.139 e. The number of carbonyl (C=O) groups is 1. The van der Waals surface area contributed by atoms with Crippen molar-refractivity contribution in [3.8, 4) is 0 Å². The van der Waals surface area contributed by atoms with E-state index in [1.807, 2.05) is 5.38 Å². The Labute approximate surface area is 94.7 Å². The van der Waals surface area contributed by atoms with Crippen LogP contribution in [0.4, 0.5) is 0 Å². The van der Waals surface area contributed by atoms with Crippen molar-refractivity contribution in [3.63, 3.8) is 0 Å². The molecule has 0 saturated carbocycles. The summed E-state index contributed by atoms with van der Waals surface area (Å²) >= 11 is 1.55. The molecule has 4 heteroatoms. The van der Waals surface area contributed by atoms with Gasteiger partial charge in [0.1, 0.15) is 5.78 Å². The van der Waals surface area contributed by atoms with E-state index < -0.39 is 0 Å². The lowest BCUT2D eigenvalue weighted by Gasteiger charge is -1.99. The Bertz CT molecular complexity index is 272. The highest BCUT2D eigenvalue weighted by Crippen LogP contribution is 2.09. The largest absolute Gasteiger partial charge is 0.330 e. The lowest BCUT2D eigenvalue weighted by atomic mass is 10.1. The summed E-state index contributed by atoms with van der Waals surface area (Å²) in [5.41, 5.74) is 5.39. The second-order valence-corrected chi connectivity index (χ2v) is 4.57. The van der Waals surface area contributed by atoms with Gasteiger partial charge in [0, 0.05) is 18.0 Å². The monoisotopic (exact) mass is 226 g/mol. The summed E-state index contributed by atoms with van der Waals surface area (Å²) < 4.78 is 0. The van der Waals surface area contributed by atoms with Gasteiger partial charge in [0.05, 0.1) is 11.4 Å². The van der Waals surface area contributed by atoms with Crippen molar-refractivity contribution < 1.29 is 4.79 Å². The van der Waals surface area contributed by atoms with E-state index in [0.717, 1.165) is 37.2 Å². The van der Waals surface area contributed by atoms with Crippen LogP contribution in [0.3, 0.4) is 0 Å². The van der Waals surface area contributed by atoms with Gasteiger partial charge < -0.3 is 5.73 Å². The minimum atomic E-state index is 0.303. The summed E-state index contributed by atoms with van der Waals surface area (Å²) in [5.74, 6) is 0.303. The van der Waals surface area contributed by atoms with Gasteiger partial charge in [-0.3, -0.25) is 4.79 Å². The van der Waals surface area contributed by atoms with Crippen molar-refractivity contribution in [1.29, 1.82) is 0 Å². The molecule has 3 nitrogen and oxygen atoms in total. The fourth-order valence-corrected chi connectivity index (χ4v) is 2.06. The molecular weight excluding hydrogens is 208 g/mol. The Morgan fingerprint density at radius 1 is 1.33 bits per heavy atom. The predicted molar refractivity (Wildman–Crippen MR) is 63.0 cm³/mol. The lowest BCUT2D eigenvalue weighted by molar-refractivity contribution is -0.118. The minimum absolute atomic E-state index is 0.303. The van der Waals surface area contributed by atoms with E-state index in [1.165, 1.54) is 0 Å². The van der Waals surface area contributed by atoms with Crippen molar-refractivity contribution in [2.75, 3.05) is 6.54 Å². The fourth-order valence-electron chi connectivity index (χ4n) is 1.42. The van der Waals surface area contributed by atoms with Gasteiger partial charge in [-0.15, -0.1) is 11.3 Å². The maximum atomic E-state index is 11.5. The molecule has 0 aromatic carbocycles. The number of Topliss-reactive ketones (excluding diaryl/α,β-unsaturated/α-hetero) is 1. The van der Waals surface area contributed by atoms with Crippen LogP contribution >= 0.6 is 11.3 Å². The van der Waals surface area contributed by atoms with Crippen LogP contribution in [-0.4, -0.2) is 17.3 Å². The van der Waals surface area contributed by atoms with Gasteiger partial charge in [0.15, 0.2) is 0 Å². The molecule has 0 aliphatic heterocycles. The van der Waals surface area contributed by atoms with Gasteiger partial charge in [0.2, 0.25) is 0 Å². The number of nitrogens with two attached hydrogens (primary N) is 1. The Balaban J connectivity index is 2.04. The number of aromatic nitrogens is 1. The third-order valence-electron chi connectivity index (χ3n) is 2.24. The molecule has 0 amide bonds. The molecule has 2 N–H and O–H groups in total. The third kappa shape index (κ3) is 5.64. The number of hydrogen-bond acceptors (Lipinski definition) is 4. The summed E-state index contributed by atoms with van der Waals surface area (Å²) in [7, 11) is 0. The molecule has 1 aromatic heterocycles. The van der Waals surface area contributed by atoms with E-state index in [-0.39, 0.29) is 0 Å². The highest BCUT2D eigenvalue weighted by molar-refractivity contribution is 7.09.